The first-order chi connectivity index (χ1) is 14.9. The Kier molecular flexibility index (Phi) is 5.07. The van der Waals surface area contributed by atoms with Crippen molar-refractivity contribution in [1.82, 2.24) is 0 Å². The molecule has 0 saturated heterocycles. The summed E-state index contributed by atoms with van der Waals surface area (Å²) < 4.78 is 0. The highest BCUT2D eigenvalue weighted by Crippen LogP contribution is 2.89. The van der Waals surface area contributed by atoms with Gasteiger partial charge < -0.3 is 5.11 Å². The predicted octanol–water partition coefficient (Wildman–Crippen LogP) is 8.19. The summed E-state index contributed by atoms with van der Waals surface area (Å²) in [6, 6.07) is 0. The molecule has 10 unspecified atom stereocenters. The molecule has 32 heavy (non-hydrogen) atoms. The maximum Gasteiger partial charge on any atom is 0.0594 e. The van der Waals surface area contributed by atoms with E-state index in [0.29, 0.717) is 33.5 Å². The van der Waals surface area contributed by atoms with Gasteiger partial charge in [-0.1, -0.05) is 65.8 Å². The van der Waals surface area contributed by atoms with Crippen LogP contribution < -0.4 is 0 Å². The Labute approximate surface area is 198 Å². The highest BCUT2D eigenvalue weighted by atomic mass is 16.3. The first-order valence-corrected chi connectivity index (χ1v) is 13.9. The van der Waals surface area contributed by atoms with Crippen molar-refractivity contribution in [3.63, 3.8) is 0 Å². The van der Waals surface area contributed by atoms with E-state index >= 15 is 0 Å². The van der Waals surface area contributed by atoms with Gasteiger partial charge >= 0.3 is 0 Å². The van der Waals surface area contributed by atoms with Gasteiger partial charge in [0, 0.05) is 0 Å². The van der Waals surface area contributed by atoms with Gasteiger partial charge in [-0.2, -0.15) is 0 Å². The van der Waals surface area contributed by atoms with Crippen LogP contribution in [0.1, 0.15) is 106 Å². The zero-order valence-electron chi connectivity index (χ0n) is 22.1. The van der Waals surface area contributed by atoms with E-state index in [1.54, 1.807) is 0 Å². The summed E-state index contributed by atoms with van der Waals surface area (Å²) in [6.45, 7) is 21.3. The zero-order chi connectivity index (χ0) is 23.3. The lowest BCUT2D eigenvalue weighted by atomic mass is 9.42. The average molecular weight is 439 g/mol. The Balaban J connectivity index is 1.42. The largest absolute Gasteiger partial charge is 0.393 e. The maximum absolute atomic E-state index is 10.9. The fraction of sp³-hybridized carbons (Fsp3) is 0.871. The zero-order valence-corrected chi connectivity index (χ0v) is 22.1. The van der Waals surface area contributed by atoms with Gasteiger partial charge in [0.1, 0.15) is 0 Å². The topological polar surface area (TPSA) is 20.2 Å². The molecule has 0 heterocycles. The van der Waals surface area contributed by atoms with Gasteiger partial charge in [0.25, 0.3) is 0 Å². The van der Waals surface area contributed by atoms with E-state index in [4.69, 9.17) is 0 Å². The van der Waals surface area contributed by atoms with Gasteiger partial charge in [-0.15, -0.1) is 0 Å². The lowest BCUT2D eigenvalue weighted by Gasteiger charge is -2.63. The van der Waals surface area contributed by atoms with Crippen molar-refractivity contribution in [2.45, 2.75) is 112 Å². The second-order valence-electron chi connectivity index (χ2n) is 14.4. The summed E-state index contributed by atoms with van der Waals surface area (Å²) in [5.41, 5.74) is 3.50. The van der Waals surface area contributed by atoms with Crippen molar-refractivity contribution in [3.05, 3.63) is 24.3 Å². The molecule has 1 N–H and O–H groups in total. The molecule has 180 valence electrons. The van der Waals surface area contributed by atoms with E-state index in [9.17, 15) is 5.11 Å². The van der Waals surface area contributed by atoms with Crippen LogP contribution in [-0.2, 0) is 0 Å². The summed E-state index contributed by atoms with van der Waals surface area (Å²) in [7, 11) is 0. The molecule has 0 amide bonds. The van der Waals surface area contributed by atoms with Crippen LogP contribution in [0.2, 0.25) is 0 Å². The van der Waals surface area contributed by atoms with Crippen LogP contribution >= 0.6 is 0 Å². The van der Waals surface area contributed by atoms with Gasteiger partial charge in [0.2, 0.25) is 0 Å². The summed E-state index contributed by atoms with van der Waals surface area (Å²) in [6.07, 6.45) is 17.2. The highest BCUT2D eigenvalue weighted by molar-refractivity contribution is 5.30. The molecule has 10 atom stereocenters. The van der Waals surface area contributed by atoms with Crippen molar-refractivity contribution in [3.8, 4) is 0 Å². The molecule has 2 spiro atoms. The second-order valence-corrected chi connectivity index (χ2v) is 14.4. The SMILES string of the molecule is C=C(C)C(C)C=CC(C)C1CCC2(C)C3CCC4C(C)(C)C(O)CCC45CC35CCC12C. The maximum atomic E-state index is 10.9. The van der Waals surface area contributed by atoms with Crippen molar-refractivity contribution in [2.75, 3.05) is 0 Å². The van der Waals surface area contributed by atoms with E-state index < -0.39 is 0 Å². The minimum Gasteiger partial charge on any atom is -0.393 e. The van der Waals surface area contributed by atoms with Gasteiger partial charge in [-0.3, -0.25) is 0 Å². The number of aliphatic hydroxyl groups is 1. The molecule has 5 rings (SSSR count). The molecular weight excluding hydrogens is 388 g/mol. The first-order valence-electron chi connectivity index (χ1n) is 13.9. The average Bonchev–Trinajstić information content (AvgIpc) is 3.31. The summed E-state index contributed by atoms with van der Waals surface area (Å²) in [5.74, 6) is 3.61. The first kappa shape index (κ1) is 23.2. The minimum atomic E-state index is -0.0955. The Morgan fingerprint density at radius 2 is 1.50 bits per heavy atom. The third-order valence-corrected chi connectivity index (χ3v) is 13.3. The molecule has 0 bridgehead atoms. The van der Waals surface area contributed by atoms with Crippen LogP contribution in [0.3, 0.4) is 0 Å². The van der Waals surface area contributed by atoms with E-state index in [1.165, 1.54) is 56.9 Å². The van der Waals surface area contributed by atoms with Crippen molar-refractivity contribution in [2.24, 2.45) is 56.7 Å². The minimum absolute atomic E-state index is 0.0955. The Bertz CT molecular complexity index is 822. The summed E-state index contributed by atoms with van der Waals surface area (Å²) >= 11 is 0. The quantitative estimate of drug-likeness (QED) is 0.439. The number of hydrogen-bond donors (Lipinski definition) is 1. The Morgan fingerprint density at radius 1 is 0.844 bits per heavy atom. The predicted molar refractivity (Wildman–Crippen MR) is 135 cm³/mol. The van der Waals surface area contributed by atoms with E-state index in [2.05, 4.69) is 67.2 Å². The van der Waals surface area contributed by atoms with Crippen LogP contribution in [0.25, 0.3) is 0 Å². The van der Waals surface area contributed by atoms with Gasteiger partial charge in [-0.25, -0.2) is 0 Å². The standard InChI is InChI=1S/C31H50O/c1-20(2)21(3)9-10-22(4)23-13-15-29(8)25-12-11-24-27(5,6)26(32)14-16-30(24)19-31(25,30)18-17-28(23,29)7/h9-10,21-26,32H,1,11-19H2,2-8H3. The van der Waals surface area contributed by atoms with Crippen LogP contribution in [0, 0.1) is 56.7 Å². The van der Waals surface area contributed by atoms with Crippen LogP contribution in [0.5, 0.6) is 0 Å². The lowest BCUT2D eigenvalue weighted by molar-refractivity contribution is -0.160. The number of allylic oxidation sites excluding steroid dienone is 3. The van der Waals surface area contributed by atoms with Crippen molar-refractivity contribution in [1.29, 1.82) is 0 Å². The number of hydrogen-bond acceptors (Lipinski definition) is 1. The third-order valence-electron chi connectivity index (χ3n) is 13.3. The fourth-order valence-electron chi connectivity index (χ4n) is 10.9. The van der Waals surface area contributed by atoms with Crippen molar-refractivity contribution >= 4 is 0 Å². The fourth-order valence-corrected chi connectivity index (χ4v) is 10.9. The van der Waals surface area contributed by atoms with Gasteiger partial charge in [-0.05, 0) is 121 Å². The molecule has 1 nitrogen and oxygen atoms in total. The molecule has 0 aromatic heterocycles. The highest BCUT2D eigenvalue weighted by Gasteiger charge is 2.82. The van der Waals surface area contributed by atoms with Crippen LogP contribution in [-0.4, -0.2) is 11.2 Å². The van der Waals surface area contributed by atoms with Gasteiger partial charge in [0.05, 0.1) is 6.10 Å². The molecule has 5 aliphatic rings. The molecule has 5 fully saturated rings. The third kappa shape index (κ3) is 2.67. The molecule has 0 aromatic rings. The molecule has 1 heteroatoms. The van der Waals surface area contributed by atoms with Gasteiger partial charge in [0.15, 0.2) is 0 Å². The van der Waals surface area contributed by atoms with E-state index in [0.717, 1.165) is 24.2 Å². The molecule has 0 radical (unpaired) electrons. The normalized spacial score (nSPS) is 53.0. The van der Waals surface area contributed by atoms with E-state index in [-0.39, 0.29) is 11.5 Å². The van der Waals surface area contributed by atoms with Crippen LogP contribution in [0.15, 0.2) is 24.3 Å². The molecular formula is C31H50O. The summed E-state index contributed by atoms with van der Waals surface area (Å²) in [4.78, 5) is 0. The Hall–Kier alpha value is -0.560. The number of rotatable bonds is 4. The second kappa shape index (κ2) is 6.99. The Morgan fingerprint density at radius 3 is 2.19 bits per heavy atom. The molecule has 5 saturated carbocycles. The lowest BCUT2D eigenvalue weighted by Crippen LogP contribution is -2.57. The number of fused-ring (bicyclic) bond motifs is 2. The summed E-state index contributed by atoms with van der Waals surface area (Å²) in [5, 5.41) is 10.9. The van der Waals surface area contributed by atoms with E-state index in [1.807, 2.05) is 0 Å². The monoisotopic (exact) mass is 438 g/mol. The van der Waals surface area contributed by atoms with Crippen LogP contribution in [0.4, 0.5) is 0 Å². The smallest absolute Gasteiger partial charge is 0.0594 e. The molecule has 5 aliphatic carbocycles. The molecule has 0 aromatic carbocycles. The number of aliphatic hydroxyl groups excluding tert-OH is 1. The van der Waals surface area contributed by atoms with Crippen molar-refractivity contribution < 1.29 is 5.11 Å². The molecule has 0 aliphatic heterocycles.